The highest BCUT2D eigenvalue weighted by Gasteiger charge is 2.36. The van der Waals surface area contributed by atoms with Gasteiger partial charge in [-0.3, -0.25) is 0 Å². The van der Waals surface area contributed by atoms with Crippen LogP contribution >= 0.6 is 0 Å². The van der Waals surface area contributed by atoms with Gasteiger partial charge in [-0.2, -0.15) is 0 Å². The molecule has 0 atom stereocenters. The van der Waals surface area contributed by atoms with Crippen molar-refractivity contribution in [1.29, 1.82) is 0 Å². The average molecular weight is 613 g/mol. The molecule has 0 saturated carbocycles. The summed E-state index contributed by atoms with van der Waals surface area (Å²) in [5.74, 6) is 1.82. The Labute approximate surface area is 280 Å². The lowest BCUT2D eigenvalue weighted by atomic mass is 9.81. The molecule has 0 unspecified atom stereocenters. The zero-order chi connectivity index (χ0) is 32.0. The average Bonchev–Trinajstić information content (AvgIpc) is 3.38. The maximum Gasteiger partial charge on any atom is 0.135 e. The Kier molecular flexibility index (Phi) is 5.69. The van der Waals surface area contributed by atoms with E-state index >= 15 is 0 Å². The first-order valence-corrected chi connectivity index (χ1v) is 16.8. The summed E-state index contributed by atoms with van der Waals surface area (Å²) in [7, 11) is 0. The van der Waals surface area contributed by atoms with E-state index < -0.39 is 0 Å². The molecule has 48 heavy (non-hydrogen) atoms. The van der Waals surface area contributed by atoms with E-state index in [-0.39, 0.29) is 5.41 Å². The Morgan fingerprint density at radius 3 is 1.92 bits per heavy atom. The molecule has 1 aliphatic heterocycles. The van der Waals surface area contributed by atoms with Crippen molar-refractivity contribution in [3.8, 4) is 67.1 Å². The van der Waals surface area contributed by atoms with E-state index in [1.54, 1.807) is 0 Å². The normalized spacial score (nSPS) is 13.5. The Bertz CT molecular complexity index is 2590. The Hall–Kier alpha value is -5.92. The summed E-state index contributed by atoms with van der Waals surface area (Å²) >= 11 is 0. The molecular weight excluding hydrogens is 581 g/mol. The molecule has 1 aliphatic carbocycles. The summed E-state index contributed by atoms with van der Waals surface area (Å²) in [6.07, 6.45) is 0. The third-order valence-corrected chi connectivity index (χ3v) is 10.7. The zero-order valence-electron chi connectivity index (χ0n) is 26.9. The van der Waals surface area contributed by atoms with Gasteiger partial charge in [-0.25, -0.2) is 0 Å². The fourth-order valence-corrected chi connectivity index (χ4v) is 8.22. The molecule has 0 saturated heterocycles. The summed E-state index contributed by atoms with van der Waals surface area (Å²) in [5, 5.41) is 5.02. The lowest BCUT2D eigenvalue weighted by Crippen LogP contribution is -2.15. The smallest absolute Gasteiger partial charge is 0.135 e. The molecule has 0 radical (unpaired) electrons. The van der Waals surface area contributed by atoms with E-state index in [4.69, 9.17) is 4.74 Å². The van der Waals surface area contributed by atoms with Gasteiger partial charge >= 0.3 is 0 Å². The minimum atomic E-state index is -0.0577. The largest absolute Gasteiger partial charge is 0.456 e. The van der Waals surface area contributed by atoms with Crippen LogP contribution in [0.25, 0.3) is 77.2 Å². The van der Waals surface area contributed by atoms with Crippen LogP contribution in [-0.4, -0.2) is 0 Å². The maximum absolute atomic E-state index is 6.58. The van der Waals surface area contributed by atoms with Gasteiger partial charge in [0.2, 0.25) is 0 Å². The van der Waals surface area contributed by atoms with Gasteiger partial charge in [-0.05, 0) is 102 Å². The number of hydrogen-bond donors (Lipinski definition) is 0. The standard InChI is InChI=1S/C47H32O/c1-47(2)41-25-21-31-11-6-7-12-36(31)45(41)40-23-20-33(27-42(40)47)30-15-17-32(18-16-30)35-24-26-43-46-38(35)13-8-14-39(46)37-22-19-34(28-44(37)48-43)29-9-4-3-5-10-29/h3-28H,1-2H3. The van der Waals surface area contributed by atoms with Crippen LogP contribution in [0.15, 0.2) is 158 Å². The Balaban J connectivity index is 1.02. The molecule has 226 valence electrons. The van der Waals surface area contributed by atoms with Crippen LogP contribution in [0.1, 0.15) is 25.0 Å². The minimum Gasteiger partial charge on any atom is -0.456 e. The minimum absolute atomic E-state index is 0.0577. The van der Waals surface area contributed by atoms with Crippen molar-refractivity contribution in [3.63, 3.8) is 0 Å². The van der Waals surface area contributed by atoms with Gasteiger partial charge in [-0.15, -0.1) is 0 Å². The first-order valence-electron chi connectivity index (χ1n) is 16.8. The molecular formula is C47H32O. The molecule has 2 aliphatic rings. The lowest BCUT2D eigenvalue weighted by molar-refractivity contribution is 0.487. The van der Waals surface area contributed by atoms with Crippen molar-refractivity contribution in [2.75, 3.05) is 0 Å². The third-order valence-electron chi connectivity index (χ3n) is 10.7. The molecule has 8 aromatic carbocycles. The topological polar surface area (TPSA) is 9.23 Å². The first kappa shape index (κ1) is 27.2. The van der Waals surface area contributed by atoms with E-state index in [0.717, 1.165) is 22.6 Å². The molecule has 1 heteroatoms. The summed E-state index contributed by atoms with van der Waals surface area (Å²) in [6, 6.07) is 57.5. The molecule has 0 spiro atoms. The predicted octanol–water partition coefficient (Wildman–Crippen LogP) is 13.1. The van der Waals surface area contributed by atoms with Crippen LogP contribution in [0.5, 0.6) is 11.5 Å². The molecule has 10 rings (SSSR count). The third kappa shape index (κ3) is 3.91. The molecule has 0 N–H and O–H groups in total. The van der Waals surface area contributed by atoms with Crippen molar-refractivity contribution in [2.24, 2.45) is 0 Å². The van der Waals surface area contributed by atoms with Crippen LogP contribution in [0.4, 0.5) is 0 Å². The molecule has 8 aromatic rings. The molecule has 0 bridgehead atoms. The van der Waals surface area contributed by atoms with Gasteiger partial charge in [0.15, 0.2) is 0 Å². The molecule has 1 heterocycles. The SMILES string of the molecule is CC1(C)c2cc(-c3ccc(-c4ccc5c6c(cccc46)-c4ccc(-c6ccccc6)cc4O5)cc3)ccc2-c2c1ccc1ccccc21. The van der Waals surface area contributed by atoms with E-state index in [1.807, 2.05) is 0 Å². The van der Waals surface area contributed by atoms with Crippen LogP contribution < -0.4 is 4.74 Å². The Morgan fingerprint density at radius 2 is 1.06 bits per heavy atom. The summed E-state index contributed by atoms with van der Waals surface area (Å²) < 4.78 is 6.58. The van der Waals surface area contributed by atoms with Crippen molar-refractivity contribution in [2.45, 2.75) is 19.3 Å². The van der Waals surface area contributed by atoms with Gasteiger partial charge in [0, 0.05) is 16.4 Å². The van der Waals surface area contributed by atoms with E-state index in [9.17, 15) is 0 Å². The fraction of sp³-hybridized carbons (Fsp3) is 0.0638. The summed E-state index contributed by atoms with van der Waals surface area (Å²) in [6.45, 7) is 4.73. The molecule has 0 fully saturated rings. The number of rotatable bonds is 3. The van der Waals surface area contributed by atoms with Gasteiger partial charge in [0.05, 0.1) is 0 Å². The highest BCUT2D eigenvalue weighted by Crippen LogP contribution is 2.53. The highest BCUT2D eigenvalue weighted by molar-refractivity contribution is 6.10. The number of benzene rings is 8. The van der Waals surface area contributed by atoms with Crippen LogP contribution in [-0.2, 0) is 5.41 Å². The van der Waals surface area contributed by atoms with E-state index in [0.29, 0.717) is 0 Å². The van der Waals surface area contributed by atoms with Crippen LogP contribution in [0, 0.1) is 0 Å². The zero-order valence-corrected chi connectivity index (χ0v) is 26.9. The van der Waals surface area contributed by atoms with Gasteiger partial charge in [0.25, 0.3) is 0 Å². The van der Waals surface area contributed by atoms with Crippen molar-refractivity contribution >= 4 is 21.5 Å². The molecule has 0 amide bonds. The van der Waals surface area contributed by atoms with Crippen LogP contribution in [0.3, 0.4) is 0 Å². The summed E-state index contributed by atoms with van der Waals surface area (Å²) in [5.41, 5.74) is 15.1. The molecule has 1 nitrogen and oxygen atoms in total. The van der Waals surface area contributed by atoms with Gasteiger partial charge in [-0.1, -0.05) is 147 Å². The second kappa shape index (κ2) is 10.0. The van der Waals surface area contributed by atoms with Gasteiger partial charge in [0.1, 0.15) is 11.5 Å². The predicted molar refractivity (Wildman–Crippen MR) is 201 cm³/mol. The second-order valence-electron chi connectivity index (χ2n) is 13.7. The Morgan fingerprint density at radius 1 is 0.396 bits per heavy atom. The molecule has 0 aromatic heterocycles. The second-order valence-corrected chi connectivity index (χ2v) is 13.7. The van der Waals surface area contributed by atoms with E-state index in [1.165, 1.54) is 77.2 Å². The number of fused-ring (bicyclic) bond motifs is 7. The van der Waals surface area contributed by atoms with E-state index in [2.05, 4.69) is 172 Å². The quantitative estimate of drug-likeness (QED) is 0.193. The number of hydrogen-bond acceptors (Lipinski definition) is 1. The van der Waals surface area contributed by atoms with Crippen molar-refractivity contribution in [3.05, 3.63) is 169 Å². The van der Waals surface area contributed by atoms with Gasteiger partial charge < -0.3 is 4.74 Å². The van der Waals surface area contributed by atoms with Crippen LogP contribution in [0.2, 0.25) is 0 Å². The fourth-order valence-electron chi connectivity index (χ4n) is 8.22. The highest BCUT2D eigenvalue weighted by atomic mass is 16.5. The number of ether oxygens (including phenoxy) is 1. The van der Waals surface area contributed by atoms with Crippen molar-refractivity contribution in [1.82, 2.24) is 0 Å². The lowest BCUT2D eigenvalue weighted by Gasteiger charge is -2.23. The van der Waals surface area contributed by atoms with Crippen molar-refractivity contribution < 1.29 is 4.74 Å². The first-order chi connectivity index (χ1) is 23.5. The summed E-state index contributed by atoms with van der Waals surface area (Å²) in [4.78, 5) is 0. The monoisotopic (exact) mass is 612 g/mol. The maximum atomic E-state index is 6.58.